The number of benzene rings is 1. The summed E-state index contributed by atoms with van der Waals surface area (Å²) in [5.74, 6) is 0.724. The number of hydrogen-bond acceptors (Lipinski definition) is 2. The summed E-state index contributed by atoms with van der Waals surface area (Å²) < 4.78 is 18.3. The van der Waals surface area contributed by atoms with E-state index in [1.54, 1.807) is 19.2 Å². The second kappa shape index (κ2) is 8.22. The van der Waals surface area contributed by atoms with E-state index in [4.69, 9.17) is 4.74 Å². The third kappa shape index (κ3) is 4.75. The highest BCUT2D eigenvalue weighted by Gasteiger charge is 2.17. The van der Waals surface area contributed by atoms with Crippen LogP contribution in [0.1, 0.15) is 31.7 Å². The third-order valence-corrected chi connectivity index (χ3v) is 3.45. The fourth-order valence-electron chi connectivity index (χ4n) is 2.10. The topological polar surface area (TPSA) is 21.3 Å². The zero-order chi connectivity index (χ0) is 13.4. The van der Waals surface area contributed by atoms with Gasteiger partial charge in [0.05, 0.1) is 6.61 Å². The van der Waals surface area contributed by atoms with Gasteiger partial charge >= 0.3 is 0 Å². The molecule has 3 heteroatoms. The smallest absolute Gasteiger partial charge is 0.123 e. The molecule has 0 amide bonds. The number of ether oxygens (including phenoxy) is 1. The van der Waals surface area contributed by atoms with Gasteiger partial charge in [-0.05, 0) is 29.5 Å². The monoisotopic (exact) mass is 253 g/mol. The van der Waals surface area contributed by atoms with E-state index in [0.29, 0.717) is 18.4 Å². The normalized spacial score (nSPS) is 14.4. The summed E-state index contributed by atoms with van der Waals surface area (Å²) in [6, 6.07) is 6.94. The highest BCUT2D eigenvalue weighted by atomic mass is 19.1. The van der Waals surface area contributed by atoms with Gasteiger partial charge in [-0.2, -0.15) is 0 Å². The fraction of sp³-hybridized carbons (Fsp3) is 0.600. The zero-order valence-electron chi connectivity index (χ0n) is 11.6. The molecule has 0 aromatic heterocycles. The summed E-state index contributed by atoms with van der Waals surface area (Å²) in [6.07, 6.45) is 1.09. The van der Waals surface area contributed by atoms with Crippen molar-refractivity contribution >= 4 is 0 Å². The van der Waals surface area contributed by atoms with E-state index in [2.05, 4.69) is 19.2 Å². The van der Waals surface area contributed by atoms with E-state index >= 15 is 0 Å². The van der Waals surface area contributed by atoms with Gasteiger partial charge in [-0.25, -0.2) is 4.39 Å². The standard InChI is InChI=1S/C15H24FNO/c1-4-12(2)15(11-17-8-9-18-3)13-6-5-7-14(16)10-13/h5-7,10,12,15,17H,4,8-9,11H2,1-3H3. The van der Waals surface area contributed by atoms with Crippen LogP contribution in [0.2, 0.25) is 0 Å². The van der Waals surface area contributed by atoms with Crippen LogP contribution in [0.15, 0.2) is 24.3 Å². The molecule has 1 aromatic carbocycles. The van der Waals surface area contributed by atoms with E-state index in [1.165, 1.54) is 6.07 Å². The van der Waals surface area contributed by atoms with Gasteiger partial charge < -0.3 is 10.1 Å². The fourth-order valence-corrected chi connectivity index (χ4v) is 2.10. The van der Waals surface area contributed by atoms with Crippen LogP contribution in [0.25, 0.3) is 0 Å². The summed E-state index contributed by atoms with van der Waals surface area (Å²) in [4.78, 5) is 0. The average Bonchev–Trinajstić information content (AvgIpc) is 2.38. The van der Waals surface area contributed by atoms with Crippen molar-refractivity contribution in [2.75, 3.05) is 26.8 Å². The quantitative estimate of drug-likeness (QED) is 0.718. The lowest BCUT2D eigenvalue weighted by molar-refractivity contribution is 0.198. The second-order valence-electron chi connectivity index (χ2n) is 4.74. The molecule has 0 spiro atoms. The Hall–Kier alpha value is -0.930. The van der Waals surface area contributed by atoms with Crippen LogP contribution in [0, 0.1) is 11.7 Å². The molecule has 18 heavy (non-hydrogen) atoms. The average molecular weight is 253 g/mol. The molecular weight excluding hydrogens is 229 g/mol. The first kappa shape index (κ1) is 15.1. The Morgan fingerprint density at radius 2 is 2.17 bits per heavy atom. The van der Waals surface area contributed by atoms with Crippen LogP contribution >= 0.6 is 0 Å². The SMILES string of the molecule is CCC(C)C(CNCCOC)c1cccc(F)c1. The first-order chi connectivity index (χ1) is 8.69. The van der Waals surface area contributed by atoms with E-state index in [9.17, 15) is 4.39 Å². The summed E-state index contributed by atoms with van der Waals surface area (Å²) in [5, 5.41) is 3.37. The summed E-state index contributed by atoms with van der Waals surface area (Å²) in [5.41, 5.74) is 1.08. The predicted octanol–water partition coefficient (Wildman–Crippen LogP) is 3.19. The Bertz CT molecular complexity index is 343. The molecule has 2 nitrogen and oxygen atoms in total. The lowest BCUT2D eigenvalue weighted by Gasteiger charge is -2.24. The van der Waals surface area contributed by atoms with Crippen molar-refractivity contribution in [1.82, 2.24) is 5.32 Å². The molecule has 0 radical (unpaired) electrons. The van der Waals surface area contributed by atoms with Gasteiger partial charge in [0.15, 0.2) is 0 Å². The van der Waals surface area contributed by atoms with Crippen molar-refractivity contribution < 1.29 is 9.13 Å². The van der Waals surface area contributed by atoms with E-state index < -0.39 is 0 Å². The van der Waals surface area contributed by atoms with Gasteiger partial charge in [0.25, 0.3) is 0 Å². The Morgan fingerprint density at radius 3 is 2.78 bits per heavy atom. The molecule has 0 heterocycles. The van der Waals surface area contributed by atoms with Gasteiger partial charge in [0.1, 0.15) is 5.82 Å². The summed E-state index contributed by atoms with van der Waals surface area (Å²) in [6.45, 7) is 6.79. The first-order valence-corrected chi connectivity index (χ1v) is 6.64. The highest BCUT2D eigenvalue weighted by Crippen LogP contribution is 2.26. The van der Waals surface area contributed by atoms with Crippen LogP contribution in [-0.2, 0) is 4.74 Å². The van der Waals surface area contributed by atoms with Crippen LogP contribution in [0.4, 0.5) is 4.39 Å². The number of halogens is 1. The molecule has 0 aliphatic heterocycles. The molecule has 1 rings (SSSR count). The van der Waals surface area contributed by atoms with Crippen molar-refractivity contribution in [1.29, 1.82) is 0 Å². The Kier molecular flexibility index (Phi) is 6.91. The van der Waals surface area contributed by atoms with Gasteiger partial charge in [-0.3, -0.25) is 0 Å². The van der Waals surface area contributed by atoms with Crippen molar-refractivity contribution in [2.45, 2.75) is 26.2 Å². The zero-order valence-corrected chi connectivity index (χ0v) is 11.6. The molecule has 1 N–H and O–H groups in total. The lowest BCUT2D eigenvalue weighted by Crippen LogP contribution is -2.28. The van der Waals surface area contributed by atoms with Crippen LogP contribution < -0.4 is 5.32 Å². The molecule has 102 valence electrons. The molecular formula is C15H24FNO. The van der Waals surface area contributed by atoms with Crippen molar-refractivity contribution in [3.63, 3.8) is 0 Å². The molecule has 0 saturated heterocycles. The minimum absolute atomic E-state index is 0.155. The molecule has 0 aliphatic carbocycles. The molecule has 0 fully saturated rings. The molecule has 0 saturated carbocycles. The maximum Gasteiger partial charge on any atom is 0.123 e. The lowest BCUT2D eigenvalue weighted by atomic mass is 9.85. The first-order valence-electron chi connectivity index (χ1n) is 6.64. The summed E-state index contributed by atoms with van der Waals surface area (Å²) in [7, 11) is 1.69. The van der Waals surface area contributed by atoms with E-state index in [1.807, 2.05) is 6.07 Å². The highest BCUT2D eigenvalue weighted by molar-refractivity contribution is 5.21. The maximum absolute atomic E-state index is 13.3. The number of methoxy groups -OCH3 is 1. The molecule has 2 atom stereocenters. The van der Waals surface area contributed by atoms with Gasteiger partial charge in [0, 0.05) is 20.2 Å². The van der Waals surface area contributed by atoms with Gasteiger partial charge in [-0.15, -0.1) is 0 Å². The summed E-state index contributed by atoms with van der Waals surface area (Å²) >= 11 is 0. The maximum atomic E-state index is 13.3. The number of hydrogen-bond donors (Lipinski definition) is 1. The minimum Gasteiger partial charge on any atom is -0.383 e. The van der Waals surface area contributed by atoms with Crippen molar-refractivity contribution in [3.8, 4) is 0 Å². The third-order valence-electron chi connectivity index (χ3n) is 3.45. The van der Waals surface area contributed by atoms with E-state index in [0.717, 1.165) is 25.1 Å². The Balaban J connectivity index is 2.66. The predicted molar refractivity (Wildman–Crippen MR) is 73.3 cm³/mol. The number of nitrogens with one attached hydrogen (secondary N) is 1. The molecule has 0 aliphatic rings. The Labute approximate surface area is 110 Å². The minimum atomic E-state index is -0.155. The van der Waals surface area contributed by atoms with Crippen LogP contribution in [0.5, 0.6) is 0 Å². The van der Waals surface area contributed by atoms with Crippen LogP contribution in [-0.4, -0.2) is 26.8 Å². The Morgan fingerprint density at radius 1 is 1.39 bits per heavy atom. The van der Waals surface area contributed by atoms with Gasteiger partial charge in [-0.1, -0.05) is 32.4 Å². The molecule has 1 aromatic rings. The molecule has 0 bridgehead atoms. The van der Waals surface area contributed by atoms with E-state index in [-0.39, 0.29) is 5.82 Å². The van der Waals surface area contributed by atoms with Crippen molar-refractivity contribution in [2.24, 2.45) is 5.92 Å². The second-order valence-corrected chi connectivity index (χ2v) is 4.74. The number of rotatable bonds is 8. The molecule has 2 unspecified atom stereocenters. The van der Waals surface area contributed by atoms with Crippen molar-refractivity contribution in [3.05, 3.63) is 35.6 Å². The van der Waals surface area contributed by atoms with Crippen LogP contribution in [0.3, 0.4) is 0 Å². The largest absolute Gasteiger partial charge is 0.383 e. The van der Waals surface area contributed by atoms with Gasteiger partial charge in [0.2, 0.25) is 0 Å².